The number of amides is 3. The Kier molecular flexibility index (Phi) is 7.97. The molecule has 0 saturated carbocycles. The Balaban J connectivity index is 1.56. The van der Waals surface area contributed by atoms with Crippen molar-refractivity contribution < 1.29 is 22.8 Å². The Labute approximate surface area is 220 Å². The number of rotatable bonds is 9. The normalized spacial score (nSPS) is 18.6. The number of nitrogens with one attached hydrogen (secondary N) is 2. The number of nitrogens with zero attached hydrogens (tertiary/aromatic N) is 4. The summed E-state index contributed by atoms with van der Waals surface area (Å²) in [5.74, 6) is -1.68. The van der Waals surface area contributed by atoms with Gasteiger partial charge in [-0.2, -0.15) is 0 Å². The van der Waals surface area contributed by atoms with Crippen LogP contribution < -0.4 is 15.8 Å². The lowest BCUT2D eigenvalue weighted by Crippen LogP contribution is -2.60. The van der Waals surface area contributed by atoms with Crippen molar-refractivity contribution in [2.75, 3.05) is 6.54 Å². The minimum absolute atomic E-state index is 0.00484. The molecular formula is C25H31N7O5S. The summed E-state index contributed by atoms with van der Waals surface area (Å²) in [5, 5.41) is 2.55. The van der Waals surface area contributed by atoms with Crippen LogP contribution in [0, 0.1) is 0 Å². The quantitative estimate of drug-likeness (QED) is 0.343. The first-order valence-corrected chi connectivity index (χ1v) is 13.6. The molecule has 1 aliphatic heterocycles. The fraction of sp³-hybridized carbons (Fsp3) is 0.360. The molecule has 3 aromatic rings. The first kappa shape index (κ1) is 27.1. The van der Waals surface area contributed by atoms with Gasteiger partial charge in [-0.15, -0.1) is 0 Å². The van der Waals surface area contributed by atoms with Gasteiger partial charge >= 0.3 is 0 Å². The number of carbonyl (C=O) groups is 3. The average molecular weight is 542 g/mol. The Hall–Kier alpha value is -3.97. The van der Waals surface area contributed by atoms with Crippen LogP contribution in [0.15, 0.2) is 66.2 Å². The topological polar surface area (TPSA) is 161 Å². The van der Waals surface area contributed by atoms with Gasteiger partial charge in [0, 0.05) is 45.5 Å². The Bertz CT molecular complexity index is 1420. The first-order valence-electron chi connectivity index (χ1n) is 12.1. The minimum Gasteiger partial charge on any atom is -0.368 e. The van der Waals surface area contributed by atoms with Gasteiger partial charge in [0.25, 0.3) is 15.9 Å². The summed E-state index contributed by atoms with van der Waals surface area (Å²) in [6.45, 7) is 0.122. The lowest BCUT2D eigenvalue weighted by molar-refractivity contribution is -0.131. The van der Waals surface area contributed by atoms with Gasteiger partial charge in [0.05, 0.1) is 6.33 Å². The maximum absolute atomic E-state index is 13.5. The summed E-state index contributed by atoms with van der Waals surface area (Å²) < 4.78 is 31.5. The summed E-state index contributed by atoms with van der Waals surface area (Å²) in [5.41, 5.74) is 6.78. The number of aryl methyl sites for hydroxylation is 2. The van der Waals surface area contributed by atoms with Gasteiger partial charge in [0.15, 0.2) is 5.03 Å². The first-order chi connectivity index (χ1) is 18.0. The van der Waals surface area contributed by atoms with Gasteiger partial charge in [0.1, 0.15) is 17.8 Å². The third-order valence-electron chi connectivity index (χ3n) is 6.55. The smallest absolute Gasteiger partial charge is 0.271 e. The SMILES string of the molecule is Cn1cnc(S(=O)(=O)NC2CCN(C(=O)c3cccn3C)C(C(=O)NC(Cc3ccccc3)C(N)=O)C2)c1. The second-order valence-electron chi connectivity index (χ2n) is 9.39. The van der Waals surface area contributed by atoms with E-state index in [-0.39, 0.29) is 36.7 Å². The highest BCUT2D eigenvalue weighted by molar-refractivity contribution is 7.89. The van der Waals surface area contributed by atoms with E-state index in [1.807, 2.05) is 30.3 Å². The van der Waals surface area contributed by atoms with Crippen molar-refractivity contribution in [1.82, 2.24) is 29.1 Å². The highest BCUT2D eigenvalue weighted by Crippen LogP contribution is 2.23. The Morgan fingerprint density at radius 1 is 1.13 bits per heavy atom. The number of imidazole rings is 1. The van der Waals surface area contributed by atoms with Crippen LogP contribution in [0.25, 0.3) is 0 Å². The molecule has 38 heavy (non-hydrogen) atoms. The van der Waals surface area contributed by atoms with Crippen LogP contribution in [-0.2, 0) is 40.1 Å². The largest absolute Gasteiger partial charge is 0.368 e. The molecule has 0 bridgehead atoms. The lowest BCUT2D eigenvalue weighted by Gasteiger charge is -2.39. The average Bonchev–Trinajstić information content (AvgIpc) is 3.52. The molecule has 0 radical (unpaired) electrons. The molecule has 4 rings (SSSR count). The number of hydrogen-bond donors (Lipinski definition) is 3. The van der Waals surface area contributed by atoms with E-state index in [9.17, 15) is 22.8 Å². The molecule has 0 spiro atoms. The molecule has 3 unspecified atom stereocenters. The van der Waals surface area contributed by atoms with Gasteiger partial charge in [-0.05, 0) is 30.5 Å². The molecule has 2 aromatic heterocycles. The van der Waals surface area contributed by atoms with Crippen molar-refractivity contribution in [2.45, 2.75) is 42.4 Å². The number of benzene rings is 1. The Morgan fingerprint density at radius 2 is 1.87 bits per heavy atom. The maximum atomic E-state index is 13.5. The molecule has 0 aliphatic carbocycles. The van der Waals surface area contributed by atoms with Crippen LogP contribution in [0.4, 0.5) is 0 Å². The molecule has 4 N–H and O–H groups in total. The van der Waals surface area contributed by atoms with E-state index >= 15 is 0 Å². The van der Waals surface area contributed by atoms with E-state index < -0.39 is 40.0 Å². The second kappa shape index (κ2) is 11.2. The van der Waals surface area contributed by atoms with Crippen molar-refractivity contribution in [2.24, 2.45) is 19.8 Å². The van der Waals surface area contributed by atoms with Crippen LogP contribution in [-0.4, -0.2) is 69.8 Å². The van der Waals surface area contributed by atoms with Gasteiger partial charge in [-0.3, -0.25) is 14.4 Å². The zero-order chi connectivity index (χ0) is 27.4. The van der Waals surface area contributed by atoms with Crippen molar-refractivity contribution in [3.63, 3.8) is 0 Å². The van der Waals surface area contributed by atoms with Crippen LogP contribution >= 0.6 is 0 Å². The summed E-state index contributed by atoms with van der Waals surface area (Å²) in [6.07, 6.45) is 4.94. The fourth-order valence-corrected chi connectivity index (χ4v) is 5.81. The highest BCUT2D eigenvalue weighted by atomic mass is 32.2. The van der Waals surface area contributed by atoms with E-state index in [4.69, 9.17) is 5.73 Å². The number of carbonyl (C=O) groups excluding carboxylic acids is 3. The standard InChI is InChI=1S/C25H31N7O5S/c1-30-15-22(27-16-30)38(36,37)29-18-10-12-32(25(35)20-9-6-11-31(20)2)21(14-18)24(34)28-19(23(26)33)13-17-7-4-3-5-8-17/h3-9,11,15-16,18-19,21,29H,10,12-14H2,1-2H3,(H2,26,33)(H,28,34). The fourth-order valence-electron chi connectivity index (χ4n) is 4.54. The van der Waals surface area contributed by atoms with Gasteiger partial charge < -0.3 is 25.1 Å². The van der Waals surface area contributed by atoms with Gasteiger partial charge in [0.2, 0.25) is 11.8 Å². The van der Waals surface area contributed by atoms with Crippen LogP contribution in [0.3, 0.4) is 0 Å². The van der Waals surface area contributed by atoms with Gasteiger partial charge in [-0.1, -0.05) is 30.3 Å². The van der Waals surface area contributed by atoms with Crippen molar-refractivity contribution in [1.29, 1.82) is 0 Å². The summed E-state index contributed by atoms with van der Waals surface area (Å²) in [4.78, 5) is 44.5. The van der Waals surface area contributed by atoms with E-state index in [0.29, 0.717) is 5.69 Å². The molecule has 1 saturated heterocycles. The molecule has 3 heterocycles. The van der Waals surface area contributed by atoms with Crippen LogP contribution in [0.2, 0.25) is 0 Å². The monoisotopic (exact) mass is 541 g/mol. The zero-order valence-electron chi connectivity index (χ0n) is 21.1. The number of aromatic nitrogens is 3. The molecule has 202 valence electrons. The summed E-state index contributed by atoms with van der Waals surface area (Å²) >= 11 is 0. The third kappa shape index (κ3) is 6.11. The molecule has 13 heteroatoms. The molecule has 3 amide bonds. The number of primary amides is 1. The maximum Gasteiger partial charge on any atom is 0.271 e. The molecule has 1 fully saturated rings. The van der Waals surface area contributed by atoms with Crippen LogP contribution in [0.1, 0.15) is 28.9 Å². The Morgan fingerprint density at radius 3 is 2.47 bits per heavy atom. The molecular weight excluding hydrogens is 510 g/mol. The number of sulfonamides is 1. The number of likely N-dealkylation sites (tertiary alicyclic amines) is 1. The van der Waals surface area contributed by atoms with E-state index in [0.717, 1.165) is 5.56 Å². The molecule has 3 atom stereocenters. The minimum atomic E-state index is -3.95. The predicted octanol–water partition coefficient (Wildman–Crippen LogP) is -0.0769. The number of hydrogen-bond acceptors (Lipinski definition) is 6. The van der Waals surface area contributed by atoms with Crippen molar-refractivity contribution >= 4 is 27.7 Å². The van der Waals surface area contributed by atoms with Crippen LogP contribution in [0.5, 0.6) is 0 Å². The zero-order valence-corrected chi connectivity index (χ0v) is 22.0. The molecule has 12 nitrogen and oxygen atoms in total. The van der Waals surface area contributed by atoms with E-state index in [1.54, 1.807) is 37.0 Å². The summed E-state index contributed by atoms with van der Waals surface area (Å²) in [7, 11) is -0.570. The van der Waals surface area contributed by atoms with E-state index in [1.165, 1.54) is 22.0 Å². The highest BCUT2D eigenvalue weighted by Gasteiger charge is 2.39. The third-order valence-corrected chi connectivity index (χ3v) is 7.95. The van der Waals surface area contributed by atoms with Gasteiger partial charge in [-0.25, -0.2) is 18.1 Å². The number of piperidine rings is 1. The number of nitrogens with two attached hydrogens (primary N) is 1. The van der Waals surface area contributed by atoms with Crippen molar-refractivity contribution in [3.05, 3.63) is 72.4 Å². The second-order valence-corrected chi connectivity index (χ2v) is 11.1. The summed E-state index contributed by atoms with van der Waals surface area (Å²) in [6, 6.07) is 9.77. The molecule has 1 aromatic carbocycles. The predicted molar refractivity (Wildman–Crippen MR) is 138 cm³/mol. The van der Waals surface area contributed by atoms with E-state index in [2.05, 4.69) is 15.0 Å². The van der Waals surface area contributed by atoms with Crippen molar-refractivity contribution in [3.8, 4) is 0 Å². The lowest BCUT2D eigenvalue weighted by atomic mass is 9.96. The molecule has 1 aliphatic rings.